The van der Waals surface area contributed by atoms with E-state index in [9.17, 15) is 13.2 Å². The number of halogens is 2. The first kappa shape index (κ1) is 16.5. The van der Waals surface area contributed by atoms with Gasteiger partial charge in [-0.15, -0.1) is 0 Å². The number of hydrogen-bond acceptors (Lipinski definition) is 4. The van der Waals surface area contributed by atoms with Crippen molar-refractivity contribution in [2.45, 2.75) is 17.9 Å². The van der Waals surface area contributed by atoms with Crippen LogP contribution in [0.25, 0.3) is 0 Å². The summed E-state index contributed by atoms with van der Waals surface area (Å²) in [5.74, 6) is -1.32. The first-order chi connectivity index (χ1) is 9.73. The summed E-state index contributed by atoms with van der Waals surface area (Å²) in [7, 11) is -3.90. The van der Waals surface area contributed by atoms with Gasteiger partial charge in [0, 0.05) is 13.1 Å². The molecular weight excluding hydrogens is 341 g/mol. The number of rotatable bonds is 3. The second-order valence-corrected chi connectivity index (χ2v) is 7.33. The third kappa shape index (κ3) is 3.32. The predicted octanol–water partition coefficient (Wildman–Crippen LogP) is 2.10. The van der Waals surface area contributed by atoms with Crippen LogP contribution >= 0.6 is 23.2 Å². The number of morpholine rings is 1. The van der Waals surface area contributed by atoms with E-state index in [0.717, 1.165) is 12.1 Å². The van der Waals surface area contributed by atoms with E-state index in [4.69, 9.17) is 33.0 Å². The third-order valence-corrected chi connectivity index (χ3v) is 5.72. The zero-order valence-corrected chi connectivity index (χ0v) is 13.4. The molecule has 0 amide bonds. The van der Waals surface area contributed by atoms with Gasteiger partial charge in [-0.05, 0) is 19.1 Å². The first-order valence-electron chi connectivity index (χ1n) is 6.07. The molecule has 0 aromatic heterocycles. The van der Waals surface area contributed by atoms with Crippen molar-refractivity contribution >= 4 is 39.2 Å². The summed E-state index contributed by atoms with van der Waals surface area (Å²) >= 11 is 11.7. The fourth-order valence-electron chi connectivity index (χ4n) is 2.03. The fraction of sp³-hybridized carbons (Fsp3) is 0.417. The topological polar surface area (TPSA) is 83.9 Å². The van der Waals surface area contributed by atoms with Crippen molar-refractivity contribution in [2.24, 2.45) is 0 Å². The Kier molecular flexibility index (Phi) is 4.79. The molecule has 1 atom stereocenters. The van der Waals surface area contributed by atoms with Crippen LogP contribution in [0, 0.1) is 0 Å². The highest BCUT2D eigenvalue weighted by molar-refractivity contribution is 7.89. The molecule has 0 spiro atoms. The highest BCUT2D eigenvalue weighted by atomic mass is 35.5. The Bertz CT molecular complexity index is 676. The average Bonchev–Trinajstić information content (AvgIpc) is 2.37. The quantitative estimate of drug-likeness (QED) is 0.899. The maximum absolute atomic E-state index is 12.6. The summed E-state index contributed by atoms with van der Waals surface area (Å²) in [6.45, 7) is 2.41. The number of carbonyl (C=O) groups is 1. The lowest BCUT2D eigenvalue weighted by Gasteiger charge is -2.30. The van der Waals surface area contributed by atoms with E-state index in [1.165, 1.54) is 4.31 Å². The standard InChI is InChI=1S/C12H13Cl2NO5S/c1-7-6-15(2-3-20-7)21(18,19)11-4-8(12(16)17)9(13)5-10(11)14/h4-5,7H,2-3,6H2,1H3,(H,16,17). The van der Waals surface area contributed by atoms with Crippen molar-refractivity contribution in [1.29, 1.82) is 0 Å². The van der Waals surface area contributed by atoms with Crippen molar-refractivity contribution in [2.75, 3.05) is 19.7 Å². The van der Waals surface area contributed by atoms with Crippen molar-refractivity contribution in [1.82, 2.24) is 4.31 Å². The van der Waals surface area contributed by atoms with Crippen molar-refractivity contribution in [3.05, 3.63) is 27.7 Å². The number of sulfonamides is 1. The van der Waals surface area contributed by atoms with E-state index in [1.807, 2.05) is 0 Å². The SMILES string of the molecule is CC1CN(S(=O)(=O)c2cc(C(=O)O)c(Cl)cc2Cl)CCO1. The Morgan fingerprint density at radius 3 is 2.62 bits per heavy atom. The van der Waals surface area contributed by atoms with E-state index >= 15 is 0 Å². The molecule has 9 heteroatoms. The van der Waals surface area contributed by atoms with Gasteiger partial charge in [0.25, 0.3) is 0 Å². The van der Waals surface area contributed by atoms with Crippen LogP contribution in [0.15, 0.2) is 17.0 Å². The lowest BCUT2D eigenvalue weighted by molar-refractivity contribution is 0.0102. The summed E-state index contributed by atoms with van der Waals surface area (Å²) in [6, 6.07) is 2.12. The number of carboxylic acid groups (broad SMARTS) is 1. The Balaban J connectivity index is 2.49. The molecule has 1 N–H and O–H groups in total. The molecule has 116 valence electrons. The van der Waals surface area contributed by atoms with Gasteiger partial charge in [-0.25, -0.2) is 13.2 Å². The van der Waals surface area contributed by atoms with Crippen LogP contribution < -0.4 is 0 Å². The Labute approximate surface area is 132 Å². The molecule has 0 radical (unpaired) electrons. The summed E-state index contributed by atoms with van der Waals surface area (Å²) < 4.78 is 31.7. The van der Waals surface area contributed by atoms with E-state index in [0.29, 0.717) is 0 Å². The summed E-state index contributed by atoms with van der Waals surface area (Å²) in [4.78, 5) is 10.8. The van der Waals surface area contributed by atoms with Gasteiger partial charge < -0.3 is 9.84 Å². The van der Waals surface area contributed by atoms with Gasteiger partial charge in [0.15, 0.2) is 0 Å². The highest BCUT2D eigenvalue weighted by Crippen LogP contribution is 2.31. The minimum atomic E-state index is -3.90. The molecule has 1 unspecified atom stereocenters. The maximum atomic E-state index is 12.6. The van der Waals surface area contributed by atoms with Crippen molar-refractivity contribution < 1.29 is 23.1 Å². The fourth-order valence-corrected chi connectivity index (χ4v) is 4.36. The van der Waals surface area contributed by atoms with Gasteiger partial charge in [-0.1, -0.05) is 23.2 Å². The van der Waals surface area contributed by atoms with Crippen LogP contribution in [-0.4, -0.2) is 49.6 Å². The summed E-state index contributed by atoms with van der Waals surface area (Å²) in [5, 5.41) is 8.83. The Hall–Kier alpha value is -0.860. The predicted molar refractivity (Wildman–Crippen MR) is 77.6 cm³/mol. The van der Waals surface area contributed by atoms with Gasteiger partial charge in [-0.2, -0.15) is 4.31 Å². The molecule has 1 fully saturated rings. The Morgan fingerprint density at radius 2 is 2.05 bits per heavy atom. The zero-order chi connectivity index (χ0) is 15.8. The number of hydrogen-bond donors (Lipinski definition) is 1. The third-order valence-electron chi connectivity index (χ3n) is 3.07. The smallest absolute Gasteiger partial charge is 0.337 e. The normalized spacial score (nSPS) is 20.4. The van der Waals surface area contributed by atoms with Crippen molar-refractivity contribution in [3.63, 3.8) is 0 Å². The molecule has 2 rings (SSSR count). The molecule has 21 heavy (non-hydrogen) atoms. The molecule has 1 aliphatic heterocycles. The molecule has 1 saturated heterocycles. The van der Waals surface area contributed by atoms with Crippen LogP contribution in [0.4, 0.5) is 0 Å². The number of nitrogens with zero attached hydrogens (tertiary/aromatic N) is 1. The molecule has 1 aromatic rings. The van der Waals surface area contributed by atoms with Gasteiger partial charge in [0.1, 0.15) is 4.90 Å². The molecule has 0 saturated carbocycles. The molecule has 1 aliphatic rings. The molecular formula is C12H13Cl2NO5S. The minimum absolute atomic E-state index is 0.107. The van der Waals surface area contributed by atoms with Gasteiger partial charge in [0.05, 0.1) is 28.3 Å². The summed E-state index contributed by atoms with van der Waals surface area (Å²) in [5.41, 5.74) is -0.305. The monoisotopic (exact) mass is 353 g/mol. The number of benzene rings is 1. The van der Waals surface area contributed by atoms with Crippen molar-refractivity contribution in [3.8, 4) is 0 Å². The largest absolute Gasteiger partial charge is 0.478 e. The molecule has 1 aromatic carbocycles. The van der Waals surface area contributed by atoms with Crippen LogP contribution in [-0.2, 0) is 14.8 Å². The van der Waals surface area contributed by atoms with Gasteiger partial charge in [0.2, 0.25) is 10.0 Å². The molecule has 6 nitrogen and oxygen atoms in total. The zero-order valence-electron chi connectivity index (χ0n) is 11.0. The number of aromatic carboxylic acids is 1. The summed E-state index contributed by atoms with van der Waals surface area (Å²) in [6.07, 6.45) is -0.237. The first-order valence-corrected chi connectivity index (χ1v) is 8.27. The second-order valence-electron chi connectivity index (χ2n) is 4.61. The molecule has 0 aliphatic carbocycles. The number of ether oxygens (including phenoxy) is 1. The lowest BCUT2D eigenvalue weighted by atomic mass is 10.2. The Morgan fingerprint density at radius 1 is 1.38 bits per heavy atom. The van der Waals surface area contributed by atoms with E-state index in [2.05, 4.69) is 0 Å². The van der Waals surface area contributed by atoms with Crippen LogP contribution in [0.5, 0.6) is 0 Å². The van der Waals surface area contributed by atoms with Crippen LogP contribution in [0.2, 0.25) is 10.0 Å². The molecule has 0 bridgehead atoms. The van der Waals surface area contributed by atoms with Crippen LogP contribution in [0.1, 0.15) is 17.3 Å². The van der Waals surface area contributed by atoms with Gasteiger partial charge in [-0.3, -0.25) is 0 Å². The lowest BCUT2D eigenvalue weighted by Crippen LogP contribution is -2.44. The van der Waals surface area contributed by atoms with E-state index in [1.54, 1.807) is 6.92 Å². The minimum Gasteiger partial charge on any atom is -0.478 e. The number of carboxylic acids is 1. The average molecular weight is 354 g/mol. The van der Waals surface area contributed by atoms with E-state index < -0.39 is 16.0 Å². The maximum Gasteiger partial charge on any atom is 0.337 e. The van der Waals surface area contributed by atoms with E-state index in [-0.39, 0.29) is 46.3 Å². The second kappa shape index (κ2) is 6.10. The highest BCUT2D eigenvalue weighted by Gasteiger charge is 2.32. The van der Waals surface area contributed by atoms with Gasteiger partial charge >= 0.3 is 5.97 Å². The van der Waals surface area contributed by atoms with Crippen LogP contribution in [0.3, 0.4) is 0 Å². The molecule has 1 heterocycles.